The highest BCUT2D eigenvalue weighted by Gasteiger charge is 2.35. The molecule has 2 heterocycles. The second-order valence-electron chi connectivity index (χ2n) is 7.99. The zero-order valence-corrected chi connectivity index (χ0v) is 19.1. The number of nitro groups is 1. The summed E-state index contributed by atoms with van der Waals surface area (Å²) in [5, 5.41) is 17.2. The van der Waals surface area contributed by atoms with Crippen LogP contribution in [0.3, 0.4) is 0 Å². The summed E-state index contributed by atoms with van der Waals surface area (Å²) in [6, 6.07) is 10.0. The molecule has 0 saturated carbocycles. The van der Waals surface area contributed by atoms with Gasteiger partial charge in [-0.25, -0.2) is 0 Å². The van der Waals surface area contributed by atoms with Gasteiger partial charge in [-0.3, -0.25) is 29.9 Å². The number of piperazine rings is 1. The summed E-state index contributed by atoms with van der Waals surface area (Å²) in [5.41, 5.74) is 3.33. The van der Waals surface area contributed by atoms with E-state index in [9.17, 15) is 19.7 Å². The first kappa shape index (κ1) is 22.6. The van der Waals surface area contributed by atoms with E-state index in [2.05, 4.69) is 15.5 Å². The fourth-order valence-corrected chi connectivity index (χ4v) is 4.33. The number of aryl methyl sites for hydroxylation is 2. The number of hydrogen-bond acceptors (Lipinski definition) is 7. The molecule has 0 bridgehead atoms. The van der Waals surface area contributed by atoms with Crippen molar-refractivity contribution in [3.05, 3.63) is 68.8 Å². The highest BCUT2D eigenvalue weighted by molar-refractivity contribution is 7.80. The average Bonchev–Trinajstić information content (AvgIpc) is 2.78. The Kier molecular flexibility index (Phi) is 6.21. The monoisotopic (exact) mass is 465 g/mol. The largest absolute Gasteiger partial charge is 0.368 e. The molecule has 0 unspecified atom stereocenters. The summed E-state index contributed by atoms with van der Waals surface area (Å²) in [5.74, 6) is -1.21. The molecule has 2 amide bonds. The fourth-order valence-electron chi connectivity index (χ4n) is 4.05. The zero-order chi connectivity index (χ0) is 23.7. The van der Waals surface area contributed by atoms with Crippen LogP contribution < -0.4 is 20.4 Å². The Labute approximate surface area is 196 Å². The molecule has 9 nitrogen and oxygen atoms in total. The molecule has 4 rings (SSSR count). The van der Waals surface area contributed by atoms with Crippen LogP contribution in [0.2, 0.25) is 0 Å². The smallest absolute Gasteiger partial charge is 0.270 e. The third kappa shape index (κ3) is 4.48. The molecule has 33 heavy (non-hydrogen) atoms. The first-order valence-electron chi connectivity index (χ1n) is 10.5. The fraction of sp³-hybridized carbons (Fsp3) is 0.261. The van der Waals surface area contributed by atoms with Crippen molar-refractivity contribution in [2.24, 2.45) is 0 Å². The predicted molar refractivity (Wildman–Crippen MR) is 130 cm³/mol. The molecule has 0 atom stereocenters. The number of nitrogens with one attached hydrogen (secondary N) is 2. The maximum Gasteiger partial charge on any atom is 0.270 e. The standard InChI is InChI=1S/C23H23N5O4S/c1-14-3-5-19(15(2)11-14)27-22(30)18(21(29)25-23(27)33)13-16-12-17(28(31)32)4-6-20(16)26-9-7-24-8-10-26/h3-6,11-13,24H,7-10H2,1-2H3,(H,25,29,33)/b18-13-. The van der Waals surface area contributed by atoms with Crippen LogP contribution in [0, 0.1) is 24.0 Å². The van der Waals surface area contributed by atoms with Crippen LogP contribution in [0.25, 0.3) is 6.08 Å². The van der Waals surface area contributed by atoms with E-state index in [1.807, 2.05) is 26.0 Å². The van der Waals surface area contributed by atoms with Gasteiger partial charge in [0.15, 0.2) is 5.11 Å². The van der Waals surface area contributed by atoms with Gasteiger partial charge >= 0.3 is 0 Å². The summed E-state index contributed by atoms with van der Waals surface area (Å²) in [7, 11) is 0. The number of benzene rings is 2. The number of amides is 2. The minimum absolute atomic E-state index is 0.00419. The molecule has 0 radical (unpaired) electrons. The molecule has 2 aromatic rings. The molecule has 0 spiro atoms. The number of non-ortho nitro benzene ring substituents is 1. The molecule has 2 fully saturated rings. The number of nitro benzene ring substituents is 1. The molecule has 170 valence electrons. The number of rotatable bonds is 4. The molecule has 2 aliphatic rings. The maximum absolute atomic E-state index is 13.4. The number of hydrogen-bond donors (Lipinski definition) is 2. The van der Waals surface area contributed by atoms with Gasteiger partial charge in [0.05, 0.1) is 10.6 Å². The number of carbonyl (C=O) groups excluding carboxylic acids is 2. The number of nitrogens with zero attached hydrogens (tertiary/aromatic N) is 3. The molecule has 2 saturated heterocycles. The normalized spacial score (nSPS) is 18.0. The van der Waals surface area contributed by atoms with Gasteiger partial charge in [-0.05, 0) is 49.8 Å². The summed E-state index contributed by atoms with van der Waals surface area (Å²) >= 11 is 5.30. The Morgan fingerprint density at radius 1 is 1.06 bits per heavy atom. The van der Waals surface area contributed by atoms with E-state index in [1.54, 1.807) is 12.1 Å². The zero-order valence-electron chi connectivity index (χ0n) is 18.3. The van der Waals surface area contributed by atoms with Crippen molar-refractivity contribution in [3.8, 4) is 0 Å². The Balaban J connectivity index is 1.80. The molecule has 2 N–H and O–H groups in total. The maximum atomic E-state index is 13.4. The second-order valence-corrected chi connectivity index (χ2v) is 8.37. The van der Waals surface area contributed by atoms with Crippen molar-refractivity contribution < 1.29 is 14.5 Å². The SMILES string of the molecule is Cc1ccc(N2C(=O)/C(=C\c3cc([N+](=O)[O-])ccc3N3CCNCC3)C(=O)NC2=S)c(C)c1. The van der Waals surface area contributed by atoms with Gasteiger partial charge in [-0.15, -0.1) is 0 Å². The van der Waals surface area contributed by atoms with Gasteiger partial charge in [0, 0.05) is 49.6 Å². The molecular formula is C23H23N5O4S. The van der Waals surface area contributed by atoms with Crippen molar-refractivity contribution in [1.29, 1.82) is 0 Å². The summed E-state index contributed by atoms with van der Waals surface area (Å²) in [4.78, 5) is 40.5. The Bertz CT molecular complexity index is 1200. The van der Waals surface area contributed by atoms with E-state index in [0.717, 1.165) is 29.9 Å². The van der Waals surface area contributed by atoms with Crippen molar-refractivity contribution in [1.82, 2.24) is 10.6 Å². The van der Waals surface area contributed by atoms with Gasteiger partial charge in [0.1, 0.15) is 5.57 Å². The molecule has 2 aromatic carbocycles. The number of thiocarbonyl (C=S) groups is 1. The van der Waals surface area contributed by atoms with Crippen molar-refractivity contribution in [2.45, 2.75) is 13.8 Å². The molecule has 0 aliphatic carbocycles. The Morgan fingerprint density at radius 2 is 1.76 bits per heavy atom. The first-order valence-corrected chi connectivity index (χ1v) is 10.9. The van der Waals surface area contributed by atoms with Crippen LogP contribution >= 0.6 is 12.2 Å². The van der Waals surface area contributed by atoms with Crippen LogP contribution in [0.5, 0.6) is 0 Å². The number of carbonyl (C=O) groups is 2. The Hall–Kier alpha value is -3.63. The molecule has 0 aromatic heterocycles. The van der Waals surface area contributed by atoms with E-state index in [4.69, 9.17) is 12.2 Å². The molecule has 2 aliphatic heterocycles. The van der Waals surface area contributed by atoms with E-state index >= 15 is 0 Å². The highest BCUT2D eigenvalue weighted by atomic mass is 32.1. The first-order chi connectivity index (χ1) is 15.8. The third-order valence-electron chi connectivity index (χ3n) is 5.67. The van der Waals surface area contributed by atoms with E-state index < -0.39 is 16.7 Å². The van der Waals surface area contributed by atoms with Crippen LogP contribution in [0.4, 0.5) is 17.1 Å². The average molecular weight is 466 g/mol. The quantitative estimate of drug-likeness (QED) is 0.235. The van der Waals surface area contributed by atoms with Gasteiger partial charge < -0.3 is 10.2 Å². The van der Waals surface area contributed by atoms with Gasteiger partial charge in [-0.1, -0.05) is 17.7 Å². The minimum atomic E-state index is -0.635. The highest BCUT2D eigenvalue weighted by Crippen LogP contribution is 2.30. The lowest BCUT2D eigenvalue weighted by molar-refractivity contribution is -0.384. The summed E-state index contributed by atoms with van der Waals surface area (Å²) < 4.78 is 0. The van der Waals surface area contributed by atoms with Gasteiger partial charge in [0.2, 0.25) is 0 Å². The third-order valence-corrected chi connectivity index (χ3v) is 5.96. The minimum Gasteiger partial charge on any atom is -0.368 e. The lowest BCUT2D eigenvalue weighted by atomic mass is 10.0. The molecule has 10 heteroatoms. The van der Waals surface area contributed by atoms with E-state index in [-0.39, 0.29) is 16.4 Å². The van der Waals surface area contributed by atoms with Crippen LogP contribution in [-0.4, -0.2) is 48.0 Å². The van der Waals surface area contributed by atoms with E-state index in [1.165, 1.54) is 23.1 Å². The van der Waals surface area contributed by atoms with Gasteiger partial charge in [-0.2, -0.15) is 0 Å². The number of anilines is 2. The summed E-state index contributed by atoms with van der Waals surface area (Å²) in [6.45, 7) is 6.74. The predicted octanol–water partition coefficient (Wildman–Crippen LogP) is 2.45. The second kappa shape index (κ2) is 9.08. The van der Waals surface area contributed by atoms with Crippen LogP contribution in [0.15, 0.2) is 42.0 Å². The summed E-state index contributed by atoms with van der Waals surface area (Å²) in [6.07, 6.45) is 1.42. The van der Waals surface area contributed by atoms with Crippen LogP contribution in [-0.2, 0) is 9.59 Å². The Morgan fingerprint density at radius 3 is 2.42 bits per heavy atom. The van der Waals surface area contributed by atoms with E-state index in [0.29, 0.717) is 24.3 Å². The van der Waals surface area contributed by atoms with Crippen molar-refractivity contribution in [2.75, 3.05) is 36.0 Å². The lowest BCUT2D eigenvalue weighted by Gasteiger charge is -2.32. The lowest BCUT2D eigenvalue weighted by Crippen LogP contribution is -2.54. The van der Waals surface area contributed by atoms with Crippen LogP contribution in [0.1, 0.15) is 16.7 Å². The topological polar surface area (TPSA) is 108 Å². The van der Waals surface area contributed by atoms with Crippen molar-refractivity contribution >= 4 is 52.3 Å². The van der Waals surface area contributed by atoms with Gasteiger partial charge in [0.25, 0.3) is 17.5 Å². The van der Waals surface area contributed by atoms with Crippen molar-refractivity contribution in [3.63, 3.8) is 0 Å². The molecular weight excluding hydrogens is 442 g/mol.